The van der Waals surface area contributed by atoms with Crippen LogP contribution in [0.3, 0.4) is 0 Å². The molecule has 0 fully saturated rings. The molecular weight excluding hydrogens is 757 g/mol. The molecule has 2 aliphatic rings. The van der Waals surface area contributed by atoms with E-state index in [9.17, 15) is 9.59 Å². The number of aryl methyl sites for hydroxylation is 1. The summed E-state index contributed by atoms with van der Waals surface area (Å²) in [5.74, 6) is 0.314. The van der Waals surface area contributed by atoms with Gasteiger partial charge in [0.05, 0.1) is 22.1 Å². The van der Waals surface area contributed by atoms with Crippen LogP contribution in [0.25, 0.3) is 43.6 Å². The molecule has 1 amide bonds. The summed E-state index contributed by atoms with van der Waals surface area (Å²) >= 11 is 0. The van der Waals surface area contributed by atoms with Crippen molar-refractivity contribution >= 4 is 55.8 Å². The largest absolute Gasteiger partial charge is 0.361 e. The summed E-state index contributed by atoms with van der Waals surface area (Å²) in [5.41, 5.74) is 17.8. The molecule has 0 bridgehead atoms. The SMILES string of the molecule is C=C.C=C.CC.CC.CC(C)(C)N.CCC1C(N(C)C)Cn2c3ccccc3c3c4c(c5c6ccccc6n(c5c32)C1OC)CNC4=O.CCC=O.CN.Cc1ccccc1. The Kier molecular flexibility index (Phi) is 26.1. The molecule has 8 rings (SSSR count). The van der Waals surface area contributed by atoms with E-state index in [1.54, 1.807) is 0 Å². The fourth-order valence-electron chi connectivity index (χ4n) is 7.56. The molecule has 2 aliphatic heterocycles. The molecule has 3 unspecified atom stereocenters. The summed E-state index contributed by atoms with van der Waals surface area (Å²) in [6, 6.07) is 27.7. The zero-order valence-corrected chi connectivity index (χ0v) is 40.2. The van der Waals surface area contributed by atoms with Gasteiger partial charge in [0.15, 0.2) is 0 Å². The average Bonchev–Trinajstić information content (AvgIpc) is 3.94. The van der Waals surface area contributed by atoms with Crippen molar-refractivity contribution in [2.45, 2.75) is 113 Å². The van der Waals surface area contributed by atoms with Gasteiger partial charge < -0.3 is 40.3 Å². The number of amides is 1. The van der Waals surface area contributed by atoms with Crippen LogP contribution in [0.5, 0.6) is 0 Å². The standard InChI is InChI=1S/C29H30N4O2.C7H8.C4H11N.C3H6O.2C2H6.2C2H4.CH5N/c1-5-16-22(31(2)3)15-32-20-12-8-6-10-17(20)24-25-19(14-30-28(25)34)23-18-11-7-9-13-21(18)33(29(16)35-4)27(23)26(24)32;1-7-5-3-2-4-6-7;1-4(2,3)5;1-2-3-4;5*1-2/h6-13,16,22,29H,5,14-15H2,1-4H3,(H,30,34);2-6H,1H3;5H2,1-3H3;3H,2H2,1H3;2*1-2H3;2*1-2H2;2H2,1H3. The number of aldehydes is 1. The lowest BCUT2D eigenvalue weighted by Crippen LogP contribution is -2.43. The smallest absolute Gasteiger partial charge is 0.252 e. The van der Waals surface area contributed by atoms with Crippen LogP contribution in [0, 0.1) is 12.8 Å². The number of hydrogen-bond acceptors (Lipinski definition) is 6. The number of fused-ring (bicyclic) bond motifs is 9. The van der Waals surface area contributed by atoms with Crippen LogP contribution < -0.4 is 16.8 Å². The Morgan fingerprint density at radius 2 is 1.28 bits per heavy atom. The number of carbonyl (C=O) groups excluding carboxylic acids is 2. The number of para-hydroxylation sites is 2. The van der Waals surface area contributed by atoms with Gasteiger partial charge in [-0.3, -0.25) is 4.79 Å². The van der Waals surface area contributed by atoms with E-state index >= 15 is 0 Å². The highest BCUT2D eigenvalue weighted by atomic mass is 16.5. The number of ether oxygens (including phenoxy) is 1. The second kappa shape index (κ2) is 28.5. The Labute approximate surface area is 368 Å². The van der Waals surface area contributed by atoms with Crippen molar-refractivity contribution in [2.75, 3.05) is 28.3 Å². The van der Waals surface area contributed by atoms with Gasteiger partial charge in [-0.05, 0) is 73.0 Å². The quantitative estimate of drug-likeness (QED) is 0.120. The first-order valence-electron chi connectivity index (χ1n) is 21.6. The van der Waals surface area contributed by atoms with E-state index < -0.39 is 0 Å². The summed E-state index contributed by atoms with van der Waals surface area (Å²) in [6.07, 6.45) is 2.39. The molecule has 3 atom stereocenters. The molecule has 4 aromatic carbocycles. The van der Waals surface area contributed by atoms with Crippen LogP contribution in [-0.2, 0) is 22.6 Å². The van der Waals surface area contributed by atoms with Gasteiger partial charge in [0.1, 0.15) is 12.5 Å². The number of nitrogens with one attached hydrogen (secondary N) is 1. The molecule has 9 nitrogen and oxygen atoms in total. The van der Waals surface area contributed by atoms with Crippen LogP contribution in [-0.4, -0.2) is 66.1 Å². The van der Waals surface area contributed by atoms with Crippen LogP contribution in [0.4, 0.5) is 0 Å². The number of carbonyl (C=O) groups is 2. The Bertz CT molecular complexity index is 2170. The Morgan fingerprint density at radius 3 is 1.70 bits per heavy atom. The highest BCUT2D eigenvalue weighted by Crippen LogP contribution is 2.48. The Balaban J connectivity index is 0.00000115. The van der Waals surface area contributed by atoms with E-state index in [1.807, 2.05) is 80.7 Å². The fraction of sp³-hybridized carbons (Fsp3) is 0.423. The minimum absolute atomic E-state index is 0. The fourth-order valence-corrected chi connectivity index (χ4v) is 7.56. The number of methoxy groups -OCH3 is 1. The molecule has 9 heteroatoms. The van der Waals surface area contributed by atoms with Crippen LogP contribution in [0.1, 0.15) is 103 Å². The molecule has 5 N–H and O–H groups in total. The zero-order valence-electron chi connectivity index (χ0n) is 40.2. The van der Waals surface area contributed by atoms with Gasteiger partial charge in [-0.1, -0.05) is 114 Å². The topological polar surface area (TPSA) is 121 Å². The monoisotopic (exact) mass is 837 g/mol. The maximum Gasteiger partial charge on any atom is 0.252 e. The number of hydrogen-bond donors (Lipinski definition) is 3. The first kappa shape index (κ1) is 55.9. The Hall–Kier alpha value is -5.06. The minimum atomic E-state index is -0.118. The second-order valence-electron chi connectivity index (χ2n) is 14.8. The number of benzene rings is 4. The van der Waals surface area contributed by atoms with Gasteiger partial charge >= 0.3 is 0 Å². The lowest BCUT2D eigenvalue weighted by molar-refractivity contribution is -0.107. The van der Waals surface area contributed by atoms with E-state index in [-0.39, 0.29) is 29.6 Å². The van der Waals surface area contributed by atoms with Crippen LogP contribution in [0.15, 0.2) is 105 Å². The van der Waals surface area contributed by atoms with E-state index in [4.69, 9.17) is 10.5 Å². The first-order valence-corrected chi connectivity index (χ1v) is 21.6. The van der Waals surface area contributed by atoms with Gasteiger partial charge in [0.2, 0.25) is 0 Å². The molecule has 0 saturated heterocycles. The second-order valence-corrected chi connectivity index (χ2v) is 14.8. The lowest BCUT2D eigenvalue weighted by Gasteiger charge is -2.39. The third-order valence-electron chi connectivity index (χ3n) is 9.58. The predicted octanol–water partition coefficient (Wildman–Crippen LogP) is 11.8. The van der Waals surface area contributed by atoms with Crippen molar-refractivity contribution in [3.8, 4) is 0 Å². The molecular formula is C52H80N6O3. The van der Waals surface area contributed by atoms with Crippen molar-refractivity contribution in [1.82, 2.24) is 19.4 Å². The lowest BCUT2D eigenvalue weighted by atomic mass is 9.92. The van der Waals surface area contributed by atoms with E-state index in [0.29, 0.717) is 13.0 Å². The van der Waals surface area contributed by atoms with E-state index in [1.165, 1.54) is 34.4 Å². The van der Waals surface area contributed by atoms with Gasteiger partial charge in [-0.2, -0.15) is 0 Å². The molecule has 2 aromatic heterocycles. The zero-order chi connectivity index (χ0) is 47.0. The summed E-state index contributed by atoms with van der Waals surface area (Å²) in [5, 5.41) is 7.74. The summed E-state index contributed by atoms with van der Waals surface area (Å²) in [4.78, 5) is 24.8. The molecule has 6 aromatic rings. The van der Waals surface area contributed by atoms with Crippen molar-refractivity contribution in [3.63, 3.8) is 0 Å². The molecule has 0 spiro atoms. The highest BCUT2D eigenvalue weighted by molar-refractivity contribution is 6.30. The third kappa shape index (κ3) is 13.5. The van der Waals surface area contributed by atoms with Gasteiger partial charge in [-0.15, -0.1) is 26.3 Å². The maximum atomic E-state index is 13.3. The van der Waals surface area contributed by atoms with Crippen molar-refractivity contribution in [1.29, 1.82) is 0 Å². The van der Waals surface area contributed by atoms with Gasteiger partial charge in [-0.25, -0.2) is 0 Å². The minimum Gasteiger partial charge on any atom is -0.361 e. The molecule has 61 heavy (non-hydrogen) atoms. The molecule has 336 valence electrons. The summed E-state index contributed by atoms with van der Waals surface area (Å²) < 4.78 is 11.3. The number of nitrogens with two attached hydrogens (primary N) is 2. The number of aromatic nitrogens is 2. The molecule has 4 heterocycles. The van der Waals surface area contributed by atoms with Crippen LogP contribution in [0.2, 0.25) is 0 Å². The molecule has 0 radical (unpaired) electrons. The third-order valence-corrected chi connectivity index (χ3v) is 9.58. The van der Waals surface area contributed by atoms with Gasteiger partial charge in [0.25, 0.3) is 5.91 Å². The molecule has 0 saturated carbocycles. The highest BCUT2D eigenvalue weighted by Gasteiger charge is 2.39. The van der Waals surface area contributed by atoms with Gasteiger partial charge in [0, 0.05) is 71.2 Å². The Morgan fingerprint density at radius 1 is 0.820 bits per heavy atom. The van der Waals surface area contributed by atoms with E-state index in [2.05, 4.69) is 140 Å². The van der Waals surface area contributed by atoms with Crippen LogP contribution >= 0.6 is 0 Å². The van der Waals surface area contributed by atoms with E-state index in [0.717, 1.165) is 52.2 Å². The average molecular weight is 837 g/mol. The summed E-state index contributed by atoms with van der Waals surface area (Å²) in [6.45, 7) is 33.5. The predicted molar refractivity (Wildman–Crippen MR) is 268 cm³/mol. The molecule has 0 aliphatic carbocycles. The van der Waals surface area contributed by atoms with Crippen molar-refractivity contribution in [3.05, 3.63) is 122 Å². The number of nitrogens with zero attached hydrogens (tertiary/aromatic N) is 3. The van der Waals surface area contributed by atoms with Crippen molar-refractivity contribution in [2.24, 2.45) is 17.4 Å². The number of rotatable bonds is 4. The normalized spacial score (nSPS) is 15.4. The maximum absolute atomic E-state index is 13.3. The van der Waals surface area contributed by atoms with Crippen molar-refractivity contribution < 1.29 is 14.3 Å². The first-order chi connectivity index (χ1) is 29.4. The summed E-state index contributed by atoms with van der Waals surface area (Å²) in [7, 11) is 7.68. The number of likely N-dealkylation sites (N-methyl/N-ethyl adjacent to an activating group) is 1.